The highest BCUT2D eigenvalue weighted by molar-refractivity contribution is 6.38. The molecule has 3 N–H and O–H groups in total. The smallest absolute Gasteiger partial charge is 0.300 e. The number of hydrogen-bond donors (Lipinski definition) is 2. The number of benzene rings is 1. The van der Waals surface area contributed by atoms with Gasteiger partial charge in [-0.1, -0.05) is 23.2 Å². The van der Waals surface area contributed by atoms with Crippen molar-refractivity contribution < 1.29 is 9.21 Å². The highest BCUT2D eigenvalue weighted by atomic mass is 35.5. The second-order valence-corrected chi connectivity index (χ2v) is 5.35. The molecule has 0 saturated carbocycles. The third kappa shape index (κ3) is 2.63. The Morgan fingerprint density at radius 2 is 2.10 bits per heavy atom. The van der Waals surface area contributed by atoms with Gasteiger partial charge in [-0.15, -0.1) is 0 Å². The molecule has 108 valence electrons. The SMILES string of the molecule is NNC(=O)c1ccc(Cn2ccc3c(Cl)cc(Cl)cc32)o1. The molecule has 0 unspecified atom stereocenters. The maximum Gasteiger partial charge on any atom is 0.300 e. The van der Waals surface area contributed by atoms with E-state index in [1.807, 2.05) is 28.3 Å². The summed E-state index contributed by atoms with van der Waals surface area (Å²) in [7, 11) is 0. The van der Waals surface area contributed by atoms with Crippen LogP contribution in [0.2, 0.25) is 10.0 Å². The molecule has 0 aliphatic rings. The van der Waals surface area contributed by atoms with Gasteiger partial charge in [0, 0.05) is 16.6 Å². The van der Waals surface area contributed by atoms with E-state index >= 15 is 0 Å². The van der Waals surface area contributed by atoms with Crippen molar-refractivity contribution >= 4 is 40.0 Å². The van der Waals surface area contributed by atoms with Crippen molar-refractivity contribution in [3.05, 3.63) is 58.1 Å². The van der Waals surface area contributed by atoms with Gasteiger partial charge in [0.05, 0.1) is 17.1 Å². The largest absolute Gasteiger partial charge is 0.454 e. The zero-order valence-corrected chi connectivity index (χ0v) is 12.3. The Labute approximate surface area is 130 Å². The summed E-state index contributed by atoms with van der Waals surface area (Å²) in [5.41, 5.74) is 2.92. The van der Waals surface area contributed by atoms with Gasteiger partial charge in [0.15, 0.2) is 5.76 Å². The first-order valence-corrected chi connectivity index (χ1v) is 6.87. The van der Waals surface area contributed by atoms with E-state index in [2.05, 4.69) is 0 Å². The number of amides is 1. The fourth-order valence-corrected chi connectivity index (χ4v) is 2.73. The lowest BCUT2D eigenvalue weighted by atomic mass is 10.2. The highest BCUT2D eigenvalue weighted by Gasteiger charge is 2.12. The van der Waals surface area contributed by atoms with Crippen LogP contribution in [0.4, 0.5) is 0 Å². The topological polar surface area (TPSA) is 73.2 Å². The third-order valence-corrected chi connectivity index (χ3v) is 3.68. The molecule has 2 heterocycles. The van der Waals surface area contributed by atoms with E-state index in [1.165, 1.54) is 0 Å². The molecule has 0 aliphatic heterocycles. The van der Waals surface area contributed by atoms with Crippen molar-refractivity contribution in [3.63, 3.8) is 0 Å². The van der Waals surface area contributed by atoms with Crippen LogP contribution in [-0.2, 0) is 6.54 Å². The molecule has 0 saturated heterocycles. The Kier molecular flexibility index (Phi) is 3.63. The first-order valence-electron chi connectivity index (χ1n) is 6.12. The van der Waals surface area contributed by atoms with Crippen molar-refractivity contribution in [2.24, 2.45) is 5.84 Å². The summed E-state index contributed by atoms with van der Waals surface area (Å²) < 4.78 is 7.38. The van der Waals surface area contributed by atoms with Crippen molar-refractivity contribution in [1.29, 1.82) is 0 Å². The van der Waals surface area contributed by atoms with Crippen LogP contribution >= 0.6 is 23.2 Å². The first-order chi connectivity index (χ1) is 10.1. The second kappa shape index (κ2) is 5.44. The van der Waals surface area contributed by atoms with Crippen LogP contribution < -0.4 is 11.3 Å². The van der Waals surface area contributed by atoms with E-state index in [9.17, 15) is 4.79 Å². The maximum absolute atomic E-state index is 11.4. The zero-order valence-electron chi connectivity index (χ0n) is 10.8. The fraction of sp³-hybridized carbons (Fsp3) is 0.0714. The van der Waals surface area contributed by atoms with Crippen molar-refractivity contribution in [2.75, 3.05) is 0 Å². The van der Waals surface area contributed by atoms with Crippen LogP contribution in [0.3, 0.4) is 0 Å². The number of nitrogens with two attached hydrogens (primary N) is 1. The number of hydrazine groups is 1. The number of hydrogen-bond acceptors (Lipinski definition) is 3. The fourth-order valence-electron chi connectivity index (χ4n) is 2.18. The summed E-state index contributed by atoms with van der Waals surface area (Å²) in [6.07, 6.45) is 1.89. The van der Waals surface area contributed by atoms with Gasteiger partial charge < -0.3 is 8.98 Å². The minimum Gasteiger partial charge on any atom is -0.454 e. The molecule has 3 aromatic rings. The highest BCUT2D eigenvalue weighted by Crippen LogP contribution is 2.29. The van der Waals surface area contributed by atoms with Gasteiger partial charge in [0.1, 0.15) is 5.76 Å². The normalized spacial score (nSPS) is 11.0. The Hall–Kier alpha value is -1.95. The Balaban J connectivity index is 1.95. The zero-order chi connectivity index (χ0) is 15.0. The number of furan rings is 1. The standard InChI is InChI=1S/C14H11Cl2N3O2/c15-8-5-11(16)10-3-4-19(12(10)6-8)7-9-1-2-13(21-9)14(20)18-17/h1-6H,7,17H2,(H,18,20). The summed E-state index contributed by atoms with van der Waals surface area (Å²) in [4.78, 5) is 11.4. The molecule has 1 aromatic carbocycles. The second-order valence-electron chi connectivity index (χ2n) is 4.50. The van der Waals surface area contributed by atoms with E-state index in [0.717, 1.165) is 10.9 Å². The van der Waals surface area contributed by atoms with Gasteiger partial charge in [-0.05, 0) is 30.3 Å². The molecule has 1 amide bonds. The lowest BCUT2D eigenvalue weighted by Crippen LogP contribution is -2.29. The molecule has 0 bridgehead atoms. The summed E-state index contributed by atoms with van der Waals surface area (Å²) >= 11 is 12.2. The first kappa shape index (κ1) is 14.0. The van der Waals surface area contributed by atoms with Crippen LogP contribution in [0.1, 0.15) is 16.3 Å². The number of rotatable bonds is 3. The average molecular weight is 324 g/mol. The van der Waals surface area contributed by atoms with Gasteiger partial charge >= 0.3 is 5.91 Å². The third-order valence-electron chi connectivity index (χ3n) is 3.15. The minimum atomic E-state index is -0.468. The molecule has 0 fully saturated rings. The molecule has 2 aromatic heterocycles. The lowest BCUT2D eigenvalue weighted by molar-refractivity contribution is 0.0924. The van der Waals surface area contributed by atoms with E-state index < -0.39 is 5.91 Å². The molecule has 0 radical (unpaired) electrons. The van der Waals surface area contributed by atoms with Crippen LogP contribution in [0.25, 0.3) is 10.9 Å². The number of nitrogen functional groups attached to an aromatic ring is 1. The van der Waals surface area contributed by atoms with Crippen LogP contribution in [0, 0.1) is 0 Å². The molecular formula is C14H11Cl2N3O2. The van der Waals surface area contributed by atoms with Crippen LogP contribution in [0.15, 0.2) is 40.9 Å². The van der Waals surface area contributed by atoms with Crippen LogP contribution in [0.5, 0.6) is 0 Å². The maximum atomic E-state index is 11.4. The van der Waals surface area contributed by atoms with E-state index in [0.29, 0.717) is 22.4 Å². The molecule has 5 nitrogen and oxygen atoms in total. The molecule has 21 heavy (non-hydrogen) atoms. The van der Waals surface area contributed by atoms with Gasteiger partial charge in [0.25, 0.3) is 0 Å². The molecule has 0 spiro atoms. The number of nitrogens with one attached hydrogen (secondary N) is 1. The van der Waals surface area contributed by atoms with E-state index in [-0.39, 0.29) is 5.76 Å². The summed E-state index contributed by atoms with van der Waals surface area (Å²) in [6, 6.07) is 8.74. The monoisotopic (exact) mass is 323 g/mol. The Bertz CT molecular complexity index is 823. The van der Waals surface area contributed by atoms with E-state index in [4.69, 9.17) is 33.5 Å². The number of carbonyl (C=O) groups excluding carboxylic acids is 1. The molecular weight excluding hydrogens is 313 g/mol. The van der Waals surface area contributed by atoms with Crippen molar-refractivity contribution in [1.82, 2.24) is 9.99 Å². The summed E-state index contributed by atoms with van der Waals surface area (Å²) in [6.45, 7) is 0.456. The number of halogens is 2. The Morgan fingerprint density at radius 3 is 2.86 bits per heavy atom. The number of carbonyl (C=O) groups is 1. The van der Waals surface area contributed by atoms with Gasteiger partial charge in [-0.25, -0.2) is 5.84 Å². The predicted octanol–water partition coefficient (Wildman–Crippen LogP) is 3.19. The van der Waals surface area contributed by atoms with Gasteiger partial charge in [-0.2, -0.15) is 0 Å². The Morgan fingerprint density at radius 1 is 1.29 bits per heavy atom. The molecule has 3 rings (SSSR count). The minimum absolute atomic E-state index is 0.167. The molecule has 7 heteroatoms. The van der Waals surface area contributed by atoms with Gasteiger partial charge in [0.2, 0.25) is 0 Å². The summed E-state index contributed by atoms with van der Waals surface area (Å²) in [5, 5.41) is 2.07. The lowest BCUT2D eigenvalue weighted by Gasteiger charge is -2.04. The van der Waals surface area contributed by atoms with Crippen molar-refractivity contribution in [2.45, 2.75) is 6.54 Å². The quantitative estimate of drug-likeness (QED) is 0.441. The number of aromatic nitrogens is 1. The summed E-state index contributed by atoms with van der Waals surface area (Å²) in [5.74, 6) is 5.39. The van der Waals surface area contributed by atoms with Crippen molar-refractivity contribution in [3.8, 4) is 0 Å². The molecule has 0 atom stereocenters. The van der Waals surface area contributed by atoms with E-state index in [1.54, 1.807) is 18.2 Å². The average Bonchev–Trinajstić information content (AvgIpc) is 3.06. The number of fused-ring (bicyclic) bond motifs is 1. The van der Waals surface area contributed by atoms with Gasteiger partial charge in [-0.3, -0.25) is 10.2 Å². The number of nitrogens with zero attached hydrogens (tertiary/aromatic N) is 1. The molecule has 0 aliphatic carbocycles. The predicted molar refractivity (Wildman–Crippen MR) is 81.4 cm³/mol. The van der Waals surface area contributed by atoms with Crippen LogP contribution in [-0.4, -0.2) is 10.5 Å².